The largest absolute Gasteiger partial charge is 0.397 e. The van der Waals surface area contributed by atoms with Crippen LogP contribution in [0.1, 0.15) is 19.3 Å². The van der Waals surface area contributed by atoms with Crippen molar-refractivity contribution in [1.82, 2.24) is 4.98 Å². The van der Waals surface area contributed by atoms with Gasteiger partial charge < -0.3 is 15.8 Å². The maximum atomic E-state index is 5.61. The van der Waals surface area contributed by atoms with Gasteiger partial charge in [0.2, 0.25) is 0 Å². The average molecular weight is 207 g/mol. The first-order valence-electron chi connectivity index (χ1n) is 5.41. The van der Waals surface area contributed by atoms with E-state index in [4.69, 9.17) is 10.5 Å². The zero-order chi connectivity index (χ0) is 10.5. The average Bonchev–Trinajstić information content (AvgIpc) is 2.30. The number of rotatable bonds is 3. The summed E-state index contributed by atoms with van der Waals surface area (Å²) in [4.78, 5) is 4.17. The van der Waals surface area contributed by atoms with E-state index in [1.54, 1.807) is 6.20 Å². The Hall–Kier alpha value is -1.29. The number of anilines is 2. The van der Waals surface area contributed by atoms with Crippen molar-refractivity contribution in [2.24, 2.45) is 0 Å². The Morgan fingerprint density at radius 3 is 3.07 bits per heavy atom. The Morgan fingerprint density at radius 2 is 2.40 bits per heavy atom. The van der Waals surface area contributed by atoms with Crippen molar-refractivity contribution in [1.29, 1.82) is 0 Å². The van der Waals surface area contributed by atoms with E-state index in [-0.39, 0.29) is 0 Å². The SMILES string of the molecule is Nc1ccc(NCC2CCCCO2)nc1. The topological polar surface area (TPSA) is 60.2 Å². The fraction of sp³-hybridized carbons (Fsp3) is 0.545. The van der Waals surface area contributed by atoms with Gasteiger partial charge in [0.1, 0.15) is 5.82 Å². The lowest BCUT2D eigenvalue weighted by atomic mass is 10.1. The second-order valence-electron chi connectivity index (χ2n) is 3.85. The predicted octanol–water partition coefficient (Wildman–Crippen LogP) is 1.64. The fourth-order valence-electron chi connectivity index (χ4n) is 1.70. The molecule has 0 amide bonds. The molecule has 0 radical (unpaired) electrons. The van der Waals surface area contributed by atoms with Crippen LogP contribution in [0.4, 0.5) is 11.5 Å². The summed E-state index contributed by atoms with van der Waals surface area (Å²) in [6.45, 7) is 1.72. The summed E-state index contributed by atoms with van der Waals surface area (Å²) < 4.78 is 5.61. The molecular formula is C11H17N3O. The van der Waals surface area contributed by atoms with Gasteiger partial charge in [-0.1, -0.05) is 0 Å². The molecule has 4 heteroatoms. The molecular weight excluding hydrogens is 190 g/mol. The van der Waals surface area contributed by atoms with E-state index in [9.17, 15) is 0 Å². The lowest BCUT2D eigenvalue weighted by Crippen LogP contribution is -2.27. The van der Waals surface area contributed by atoms with Gasteiger partial charge in [-0.15, -0.1) is 0 Å². The van der Waals surface area contributed by atoms with E-state index >= 15 is 0 Å². The van der Waals surface area contributed by atoms with Crippen LogP contribution in [0.2, 0.25) is 0 Å². The lowest BCUT2D eigenvalue weighted by molar-refractivity contribution is 0.0247. The molecule has 1 atom stereocenters. The van der Waals surface area contributed by atoms with Gasteiger partial charge in [0, 0.05) is 13.2 Å². The Kier molecular flexibility index (Phi) is 3.40. The minimum Gasteiger partial charge on any atom is -0.397 e. The fourth-order valence-corrected chi connectivity index (χ4v) is 1.70. The highest BCUT2D eigenvalue weighted by Gasteiger charge is 2.13. The number of aromatic nitrogens is 1. The molecule has 1 fully saturated rings. The Bertz CT molecular complexity index is 293. The molecule has 0 bridgehead atoms. The van der Waals surface area contributed by atoms with E-state index in [1.807, 2.05) is 12.1 Å². The highest BCUT2D eigenvalue weighted by Crippen LogP contribution is 2.13. The third-order valence-electron chi connectivity index (χ3n) is 2.57. The van der Waals surface area contributed by atoms with Crippen molar-refractivity contribution in [3.05, 3.63) is 18.3 Å². The molecule has 4 nitrogen and oxygen atoms in total. The molecule has 1 unspecified atom stereocenters. The predicted molar refractivity (Wildman–Crippen MR) is 60.7 cm³/mol. The highest BCUT2D eigenvalue weighted by molar-refractivity contribution is 5.43. The van der Waals surface area contributed by atoms with E-state index < -0.39 is 0 Å². The molecule has 0 saturated carbocycles. The second-order valence-corrected chi connectivity index (χ2v) is 3.85. The van der Waals surface area contributed by atoms with Crippen LogP contribution in [0.15, 0.2) is 18.3 Å². The number of hydrogen-bond donors (Lipinski definition) is 2. The van der Waals surface area contributed by atoms with Gasteiger partial charge in [-0.2, -0.15) is 0 Å². The van der Waals surface area contributed by atoms with E-state index in [2.05, 4.69) is 10.3 Å². The summed E-state index contributed by atoms with van der Waals surface area (Å²) in [7, 11) is 0. The minimum absolute atomic E-state index is 0.332. The first-order chi connectivity index (χ1) is 7.34. The number of pyridine rings is 1. The monoisotopic (exact) mass is 207 g/mol. The number of nitrogens with zero attached hydrogens (tertiary/aromatic N) is 1. The third kappa shape index (κ3) is 3.09. The Morgan fingerprint density at radius 1 is 1.47 bits per heavy atom. The van der Waals surface area contributed by atoms with Crippen LogP contribution in [-0.4, -0.2) is 24.2 Å². The number of nitrogens with one attached hydrogen (secondary N) is 1. The van der Waals surface area contributed by atoms with Crippen LogP contribution in [0.25, 0.3) is 0 Å². The molecule has 1 aliphatic heterocycles. The Balaban J connectivity index is 1.79. The summed E-state index contributed by atoms with van der Waals surface area (Å²) in [6, 6.07) is 3.73. The normalized spacial score (nSPS) is 21.2. The first kappa shape index (κ1) is 10.2. The van der Waals surface area contributed by atoms with Crippen LogP contribution in [0.5, 0.6) is 0 Å². The smallest absolute Gasteiger partial charge is 0.126 e. The van der Waals surface area contributed by atoms with Crippen LogP contribution in [0, 0.1) is 0 Å². The van der Waals surface area contributed by atoms with Crippen molar-refractivity contribution in [2.45, 2.75) is 25.4 Å². The summed E-state index contributed by atoms with van der Waals surface area (Å²) in [5.74, 6) is 0.860. The molecule has 1 aromatic rings. The standard InChI is InChI=1S/C11H17N3O/c12-9-4-5-11(13-7-9)14-8-10-3-1-2-6-15-10/h4-5,7,10H,1-3,6,8,12H2,(H,13,14). The lowest BCUT2D eigenvalue weighted by Gasteiger charge is -2.22. The van der Waals surface area contributed by atoms with E-state index in [0.29, 0.717) is 11.8 Å². The molecule has 2 heterocycles. The number of nitrogen functional groups attached to an aromatic ring is 1. The molecule has 3 N–H and O–H groups in total. The minimum atomic E-state index is 0.332. The number of hydrogen-bond acceptors (Lipinski definition) is 4. The van der Waals surface area contributed by atoms with Crippen molar-refractivity contribution >= 4 is 11.5 Å². The maximum absolute atomic E-state index is 5.61. The molecule has 0 spiro atoms. The zero-order valence-electron chi connectivity index (χ0n) is 8.78. The van der Waals surface area contributed by atoms with Crippen molar-refractivity contribution in [3.8, 4) is 0 Å². The molecule has 1 saturated heterocycles. The van der Waals surface area contributed by atoms with Gasteiger partial charge in [-0.05, 0) is 31.4 Å². The zero-order valence-corrected chi connectivity index (χ0v) is 8.78. The number of ether oxygens (including phenoxy) is 1. The second kappa shape index (κ2) is 4.98. The van der Waals surface area contributed by atoms with Gasteiger partial charge in [0.05, 0.1) is 18.0 Å². The maximum Gasteiger partial charge on any atom is 0.126 e. The quantitative estimate of drug-likeness (QED) is 0.791. The van der Waals surface area contributed by atoms with Gasteiger partial charge in [-0.3, -0.25) is 0 Å². The van der Waals surface area contributed by atoms with Gasteiger partial charge >= 0.3 is 0 Å². The van der Waals surface area contributed by atoms with Crippen LogP contribution in [0.3, 0.4) is 0 Å². The molecule has 1 aliphatic rings. The summed E-state index contributed by atoms with van der Waals surface area (Å²) >= 11 is 0. The number of nitrogens with two attached hydrogens (primary N) is 1. The Labute approximate surface area is 89.8 Å². The molecule has 0 aromatic carbocycles. The first-order valence-corrected chi connectivity index (χ1v) is 5.41. The van der Waals surface area contributed by atoms with Crippen molar-refractivity contribution < 1.29 is 4.74 Å². The molecule has 1 aromatic heterocycles. The van der Waals surface area contributed by atoms with Gasteiger partial charge in [0.25, 0.3) is 0 Å². The third-order valence-corrected chi connectivity index (χ3v) is 2.57. The molecule has 82 valence electrons. The highest BCUT2D eigenvalue weighted by atomic mass is 16.5. The van der Waals surface area contributed by atoms with Crippen molar-refractivity contribution in [3.63, 3.8) is 0 Å². The summed E-state index contributed by atoms with van der Waals surface area (Å²) in [6.07, 6.45) is 5.59. The van der Waals surface area contributed by atoms with E-state index in [1.165, 1.54) is 12.8 Å². The van der Waals surface area contributed by atoms with Gasteiger partial charge in [-0.25, -0.2) is 4.98 Å². The summed E-state index contributed by atoms with van der Waals surface area (Å²) in [5, 5.41) is 3.25. The molecule has 0 aliphatic carbocycles. The molecule has 15 heavy (non-hydrogen) atoms. The van der Waals surface area contributed by atoms with Crippen LogP contribution in [-0.2, 0) is 4.74 Å². The summed E-state index contributed by atoms with van der Waals surface area (Å²) in [5.41, 5.74) is 6.24. The van der Waals surface area contributed by atoms with E-state index in [0.717, 1.165) is 25.4 Å². The molecule has 2 rings (SSSR count). The van der Waals surface area contributed by atoms with Crippen LogP contribution < -0.4 is 11.1 Å². The van der Waals surface area contributed by atoms with Crippen molar-refractivity contribution in [2.75, 3.05) is 24.2 Å². The van der Waals surface area contributed by atoms with Crippen LogP contribution >= 0.6 is 0 Å². The van der Waals surface area contributed by atoms with Gasteiger partial charge in [0.15, 0.2) is 0 Å².